The van der Waals surface area contributed by atoms with Gasteiger partial charge in [-0.15, -0.1) is 0 Å². The van der Waals surface area contributed by atoms with Gasteiger partial charge >= 0.3 is 6.03 Å². The van der Waals surface area contributed by atoms with E-state index in [1.165, 1.54) is 0 Å². The average molecular weight is 347 g/mol. The Morgan fingerprint density at radius 1 is 1.00 bits per heavy atom. The van der Waals surface area contributed by atoms with Gasteiger partial charge in [-0.3, -0.25) is 15.0 Å². The molecule has 2 fully saturated rings. The van der Waals surface area contributed by atoms with Crippen LogP contribution in [-0.4, -0.2) is 52.1 Å². The van der Waals surface area contributed by atoms with Crippen LogP contribution in [0.15, 0.2) is 24.3 Å². The highest BCUT2D eigenvalue weighted by molar-refractivity contribution is 6.05. The number of carbonyl (C=O) groups is 2. The number of hydrogen-bond donors (Lipinski definition) is 1. The number of rotatable bonds is 5. The van der Waals surface area contributed by atoms with Crippen LogP contribution >= 0.6 is 0 Å². The minimum absolute atomic E-state index is 0.134. The van der Waals surface area contributed by atoms with Crippen LogP contribution in [0.2, 0.25) is 0 Å². The lowest BCUT2D eigenvalue weighted by atomic mass is 9.95. The SMILES string of the molecule is COC(OC)C1CCN(c2ccc(N3CCC(=O)NC3=O)cc2)CC1. The van der Waals surface area contributed by atoms with Crippen LogP contribution in [0.1, 0.15) is 19.3 Å². The average Bonchev–Trinajstić information content (AvgIpc) is 2.64. The van der Waals surface area contributed by atoms with Crippen molar-refractivity contribution in [2.45, 2.75) is 25.6 Å². The number of nitrogens with zero attached hydrogens (tertiary/aromatic N) is 2. The molecule has 0 spiro atoms. The number of nitrogens with one attached hydrogen (secondary N) is 1. The first-order valence-electron chi connectivity index (χ1n) is 8.64. The first kappa shape index (κ1) is 17.7. The second-order valence-corrected chi connectivity index (χ2v) is 6.44. The normalized spacial score (nSPS) is 19.5. The van der Waals surface area contributed by atoms with Gasteiger partial charge in [-0.05, 0) is 37.1 Å². The number of carbonyl (C=O) groups excluding carboxylic acids is 2. The summed E-state index contributed by atoms with van der Waals surface area (Å²) in [6.07, 6.45) is 2.24. The molecule has 1 aromatic rings. The van der Waals surface area contributed by atoms with Crippen LogP contribution in [0.4, 0.5) is 16.2 Å². The van der Waals surface area contributed by atoms with Gasteiger partial charge in [0, 0.05) is 57.6 Å². The van der Waals surface area contributed by atoms with Gasteiger partial charge in [-0.2, -0.15) is 0 Å². The number of piperidine rings is 1. The standard InChI is InChI=1S/C18H25N3O4/c1-24-17(25-2)13-7-10-20(11-8-13)14-3-5-15(6-4-14)21-12-9-16(22)19-18(21)23/h3-6,13,17H,7-12H2,1-2H3,(H,19,22,23). The number of imide groups is 1. The molecule has 136 valence electrons. The van der Waals surface area contributed by atoms with Crippen LogP contribution in [0.25, 0.3) is 0 Å². The van der Waals surface area contributed by atoms with E-state index in [1.807, 2.05) is 24.3 Å². The number of methoxy groups -OCH3 is 2. The van der Waals surface area contributed by atoms with Crippen molar-refractivity contribution >= 4 is 23.3 Å². The predicted molar refractivity (Wildman–Crippen MR) is 94.7 cm³/mol. The number of hydrogen-bond acceptors (Lipinski definition) is 5. The molecule has 7 nitrogen and oxygen atoms in total. The van der Waals surface area contributed by atoms with Crippen LogP contribution in [0.3, 0.4) is 0 Å². The molecule has 2 saturated heterocycles. The first-order valence-corrected chi connectivity index (χ1v) is 8.64. The van der Waals surface area contributed by atoms with E-state index in [2.05, 4.69) is 10.2 Å². The van der Waals surface area contributed by atoms with Crippen molar-refractivity contribution in [2.75, 3.05) is 43.7 Å². The summed E-state index contributed by atoms with van der Waals surface area (Å²) in [4.78, 5) is 27.1. The fourth-order valence-electron chi connectivity index (χ4n) is 3.56. The van der Waals surface area contributed by atoms with Gasteiger partial charge in [0.25, 0.3) is 0 Å². The highest BCUT2D eigenvalue weighted by Crippen LogP contribution is 2.28. The molecule has 3 amide bonds. The van der Waals surface area contributed by atoms with Gasteiger partial charge in [0.1, 0.15) is 0 Å². The lowest BCUT2D eigenvalue weighted by molar-refractivity contribution is -0.141. The molecule has 0 aliphatic carbocycles. The third kappa shape index (κ3) is 3.93. The number of benzene rings is 1. The van der Waals surface area contributed by atoms with Gasteiger partial charge in [0.05, 0.1) is 0 Å². The molecule has 0 bridgehead atoms. The Labute approximate surface area is 147 Å². The lowest BCUT2D eigenvalue weighted by Crippen LogP contribution is -2.49. The number of urea groups is 1. The highest BCUT2D eigenvalue weighted by Gasteiger charge is 2.27. The molecule has 2 aliphatic heterocycles. The number of anilines is 2. The maximum atomic E-state index is 11.9. The lowest BCUT2D eigenvalue weighted by Gasteiger charge is -2.36. The Morgan fingerprint density at radius 3 is 2.16 bits per heavy atom. The zero-order valence-electron chi connectivity index (χ0n) is 14.7. The minimum Gasteiger partial charge on any atom is -0.372 e. The van der Waals surface area contributed by atoms with Crippen molar-refractivity contribution in [1.82, 2.24) is 5.32 Å². The molecule has 7 heteroatoms. The molecule has 2 heterocycles. The Balaban J connectivity index is 1.60. The molecule has 0 unspecified atom stereocenters. The van der Waals surface area contributed by atoms with Crippen LogP contribution in [0.5, 0.6) is 0 Å². The summed E-state index contributed by atoms with van der Waals surface area (Å²) in [5.74, 6) is 0.200. The van der Waals surface area contributed by atoms with Gasteiger partial charge in [0.15, 0.2) is 6.29 Å². The summed E-state index contributed by atoms with van der Waals surface area (Å²) >= 11 is 0. The van der Waals surface area contributed by atoms with Gasteiger partial charge < -0.3 is 14.4 Å². The Hall–Kier alpha value is -2.12. The molecule has 25 heavy (non-hydrogen) atoms. The van der Waals surface area contributed by atoms with Crippen molar-refractivity contribution in [3.63, 3.8) is 0 Å². The molecule has 3 rings (SSSR count). The maximum Gasteiger partial charge on any atom is 0.328 e. The monoisotopic (exact) mass is 347 g/mol. The third-order valence-electron chi connectivity index (χ3n) is 4.97. The van der Waals surface area contributed by atoms with Crippen LogP contribution < -0.4 is 15.1 Å². The number of ether oxygens (including phenoxy) is 2. The topological polar surface area (TPSA) is 71.1 Å². The summed E-state index contributed by atoms with van der Waals surface area (Å²) < 4.78 is 10.7. The summed E-state index contributed by atoms with van der Waals surface area (Å²) in [5.41, 5.74) is 1.95. The molecule has 0 saturated carbocycles. The molecule has 2 aliphatic rings. The minimum atomic E-state index is -0.352. The van der Waals surface area contributed by atoms with Crippen molar-refractivity contribution in [2.24, 2.45) is 5.92 Å². The van der Waals surface area contributed by atoms with E-state index in [0.29, 0.717) is 18.9 Å². The Bertz CT molecular complexity index is 607. The van der Waals surface area contributed by atoms with Gasteiger partial charge in [-0.1, -0.05) is 0 Å². The van der Waals surface area contributed by atoms with E-state index in [-0.39, 0.29) is 18.2 Å². The van der Waals surface area contributed by atoms with Gasteiger partial charge in [-0.25, -0.2) is 4.79 Å². The van der Waals surface area contributed by atoms with E-state index in [1.54, 1.807) is 19.1 Å². The smallest absolute Gasteiger partial charge is 0.328 e. The Morgan fingerprint density at radius 2 is 1.60 bits per heavy atom. The molecular weight excluding hydrogens is 322 g/mol. The first-order chi connectivity index (χ1) is 12.1. The van der Waals surface area contributed by atoms with E-state index >= 15 is 0 Å². The van der Waals surface area contributed by atoms with Crippen molar-refractivity contribution in [1.29, 1.82) is 0 Å². The van der Waals surface area contributed by atoms with Gasteiger partial charge in [0.2, 0.25) is 5.91 Å². The molecule has 0 atom stereocenters. The largest absolute Gasteiger partial charge is 0.372 e. The summed E-state index contributed by atoms with van der Waals surface area (Å²) in [7, 11) is 3.37. The molecule has 0 aromatic heterocycles. The van der Waals surface area contributed by atoms with Crippen molar-refractivity contribution < 1.29 is 19.1 Å². The molecular formula is C18H25N3O4. The highest BCUT2D eigenvalue weighted by atomic mass is 16.7. The quantitative estimate of drug-likeness (QED) is 0.825. The van der Waals surface area contributed by atoms with E-state index in [4.69, 9.17) is 9.47 Å². The predicted octanol–water partition coefficient (Wildman–Crippen LogP) is 1.97. The fourth-order valence-corrected chi connectivity index (χ4v) is 3.56. The molecule has 1 aromatic carbocycles. The van der Waals surface area contributed by atoms with E-state index in [9.17, 15) is 9.59 Å². The zero-order chi connectivity index (χ0) is 17.8. The van der Waals surface area contributed by atoms with Crippen LogP contribution in [0, 0.1) is 5.92 Å². The zero-order valence-corrected chi connectivity index (χ0v) is 14.7. The third-order valence-corrected chi connectivity index (χ3v) is 4.97. The molecule has 1 N–H and O–H groups in total. The number of amides is 3. The van der Waals surface area contributed by atoms with E-state index < -0.39 is 0 Å². The van der Waals surface area contributed by atoms with Crippen molar-refractivity contribution in [3.8, 4) is 0 Å². The summed E-state index contributed by atoms with van der Waals surface area (Å²) in [5, 5.41) is 2.35. The van der Waals surface area contributed by atoms with Crippen molar-refractivity contribution in [3.05, 3.63) is 24.3 Å². The summed E-state index contributed by atoms with van der Waals surface area (Å²) in [6, 6.07) is 7.58. The fraction of sp³-hybridized carbons (Fsp3) is 0.556. The second kappa shape index (κ2) is 7.84. The summed E-state index contributed by atoms with van der Waals surface area (Å²) in [6.45, 7) is 2.32. The second-order valence-electron chi connectivity index (χ2n) is 6.44. The molecule has 0 radical (unpaired) electrons. The van der Waals surface area contributed by atoms with Crippen LogP contribution in [-0.2, 0) is 14.3 Å². The van der Waals surface area contributed by atoms with E-state index in [0.717, 1.165) is 37.3 Å². The maximum absolute atomic E-state index is 11.9. The Kier molecular flexibility index (Phi) is 5.55.